The highest BCUT2D eigenvalue weighted by atomic mass is 16.6. The van der Waals surface area contributed by atoms with Crippen LogP contribution in [0.25, 0.3) is 0 Å². The molecule has 0 radical (unpaired) electrons. The number of nitrogens with zero attached hydrogens (tertiary/aromatic N) is 3. The van der Waals surface area contributed by atoms with Crippen LogP contribution in [-0.4, -0.2) is 42.2 Å². The van der Waals surface area contributed by atoms with Crippen molar-refractivity contribution in [3.8, 4) is 11.5 Å². The quantitative estimate of drug-likeness (QED) is 0.914. The van der Waals surface area contributed by atoms with Crippen molar-refractivity contribution in [2.75, 3.05) is 31.2 Å². The molecule has 130 valence electrons. The summed E-state index contributed by atoms with van der Waals surface area (Å²) in [7, 11) is 0. The zero-order valence-corrected chi connectivity index (χ0v) is 13.9. The maximum atomic E-state index is 12.5. The maximum Gasteiger partial charge on any atom is 0.255 e. The second-order valence-electron chi connectivity index (χ2n) is 6.05. The van der Waals surface area contributed by atoms with Crippen LogP contribution in [0.5, 0.6) is 11.5 Å². The molecule has 0 bridgehead atoms. The molecule has 1 N–H and O–H groups in total. The van der Waals surface area contributed by atoms with Gasteiger partial charge in [0.05, 0.1) is 17.8 Å². The lowest BCUT2D eigenvalue weighted by Crippen LogP contribution is -2.26. The van der Waals surface area contributed by atoms with E-state index in [1.807, 2.05) is 6.07 Å². The Bertz CT molecular complexity index is 775. The van der Waals surface area contributed by atoms with Crippen molar-refractivity contribution >= 4 is 11.9 Å². The molecule has 7 heteroatoms. The molecule has 0 unspecified atom stereocenters. The van der Waals surface area contributed by atoms with E-state index in [-0.39, 0.29) is 5.91 Å². The van der Waals surface area contributed by atoms with Gasteiger partial charge in [-0.3, -0.25) is 4.79 Å². The Morgan fingerprint density at radius 3 is 2.88 bits per heavy atom. The molecule has 1 amide bonds. The molecular formula is C18H20N4O3. The minimum atomic E-state index is -0.205. The van der Waals surface area contributed by atoms with E-state index >= 15 is 0 Å². The second-order valence-corrected chi connectivity index (χ2v) is 6.05. The number of carbonyl (C=O) groups is 1. The minimum Gasteiger partial charge on any atom is -0.486 e. The van der Waals surface area contributed by atoms with Gasteiger partial charge in [-0.25, -0.2) is 9.97 Å². The Balaban J connectivity index is 1.45. The number of rotatable bonds is 4. The van der Waals surface area contributed by atoms with Crippen molar-refractivity contribution in [3.63, 3.8) is 0 Å². The van der Waals surface area contributed by atoms with E-state index in [1.165, 1.54) is 12.8 Å². The van der Waals surface area contributed by atoms with Crippen LogP contribution in [0.15, 0.2) is 30.5 Å². The molecule has 4 rings (SSSR count). The van der Waals surface area contributed by atoms with Crippen LogP contribution in [0.2, 0.25) is 0 Å². The standard InChI is InChI=1S/C18H20N4O3/c23-17(14-4-3-5-15-16(14)25-11-10-24-15)20-12-13-6-7-19-18(21-13)22-8-1-2-9-22/h3-7H,1-2,8-12H2,(H,20,23). The lowest BCUT2D eigenvalue weighted by molar-refractivity contribution is 0.0939. The Labute approximate surface area is 146 Å². The van der Waals surface area contributed by atoms with Gasteiger partial charge in [-0.2, -0.15) is 0 Å². The van der Waals surface area contributed by atoms with Crippen LogP contribution in [0.1, 0.15) is 28.9 Å². The molecule has 25 heavy (non-hydrogen) atoms. The fraction of sp³-hybridized carbons (Fsp3) is 0.389. The number of carbonyl (C=O) groups excluding carboxylic acids is 1. The molecule has 1 fully saturated rings. The summed E-state index contributed by atoms with van der Waals surface area (Å²) in [5.74, 6) is 1.64. The molecule has 0 saturated carbocycles. The number of fused-ring (bicyclic) bond motifs is 1. The third kappa shape index (κ3) is 3.35. The Morgan fingerprint density at radius 1 is 1.16 bits per heavy atom. The van der Waals surface area contributed by atoms with Crippen molar-refractivity contribution in [1.29, 1.82) is 0 Å². The first kappa shape index (κ1) is 15.7. The summed E-state index contributed by atoms with van der Waals surface area (Å²) in [6, 6.07) is 7.15. The smallest absolute Gasteiger partial charge is 0.255 e. The molecule has 0 atom stereocenters. The first-order valence-electron chi connectivity index (χ1n) is 8.55. The summed E-state index contributed by atoms with van der Waals surface area (Å²) in [6.07, 6.45) is 4.08. The average Bonchev–Trinajstić information content (AvgIpc) is 3.21. The molecule has 2 aliphatic heterocycles. The fourth-order valence-electron chi connectivity index (χ4n) is 3.07. The molecule has 0 spiro atoms. The van der Waals surface area contributed by atoms with Crippen LogP contribution in [0, 0.1) is 0 Å². The van der Waals surface area contributed by atoms with Gasteiger partial charge in [0, 0.05) is 19.3 Å². The Morgan fingerprint density at radius 2 is 2.00 bits per heavy atom. The van der Waals surface area contributed by atoms with Gasteiger partial charge in [0.25, 0.3) is 5.91 Å². The second kappa shape index (κ2) is 6.96. The monoisotopic (exact) mass is 340 g/mol. The highest BCUT2D eigenvalue weighted by Gasteiger charge is 2.20. The van der Waals surface area contributed by atoms with Crippen molar-refractivity contribution < 1.29 is 14.3 Å². The van der Waals surface area contributed by atoms with Crippen LogP contribution in [-0.2, 0) is 6.54 Å². The molecule has 1 aromatic heterocycles. The van der Waals surface area contributed by atoms with Crippen LogP contribution in [0.3, 0.4) is 0 Å². The predicted molar refractivity (Wildman–Crippen MR) is 92.1 cm³/mol. The van der Waals surface area contributed by atoms with Crippen LogP contribution >= 0.6 is 0 Å². The number of ether oxygens (including phenoxy) is 2. The molecule has 1 aromatic carbocycles. The van der Waals surface area contributed by atoms with Gasteiger partial charge in [0.2, 0.25) is 5.95 Å². The van der Waals surface area contributed by atoms with Gasteiger partial charge in [0.15, 0.2) is 11.5 Å². The summed E-state index contributed by atoms with van der Waals surface area (Å²) >= 11 is 0. The summed E-state index contributed by atoms with van der Waals surface area (Å²) in [6.45, 7) is 3.26. The van der Waals surface area contributed by atoms with Gasteiger partial charge < -0.3 is 19.7 Å². The molecule has 2 aliphatic rings. The molecule has 1 saturated heterocycles. The summed E-state index contributed by atoms with van der Waals surface area (Å²) in [5, 5.41) is 2.90. The molecular weight excluding hydrogens is 320 g/mol. The molecule has 0 aliphatic carbocycles. The number of amides is 1. The lowest BCUT2D eigenvalue weighted by Gasteiger charge is -2.20. The SMILES string of the molecule is O=C(NCc1ccnc(N2CCCC2)n1)c1cccc2c1OCCO2. The third-order valence-corrected chi connectivity index (χ3v) is 4.33. The van der Waals surface area contributed by atoms with Gasteiger partial charge >= 0.3 is 0 Å². The minimum absolute atomic E-state index is 0.205. The highest BCUT2D eigenvalue weighted by molar-refractivity contribution is 5.97. The Kier molecular flexibility index (Phi) is 4.37. The average molecular weight is 340 g/mol. The summed E-state index contributed by atoms with van der Waals surface area (Å²) < 4.78 is 11.1. The van der Waals surface area contributed by atoms with E-state index in [9.17, 15) is 4.79 Å². The first-order chi connectivity index (χ1) is 12.3. The number of nitrogens with one attached hydrogen (secondary N) is 1. The van der Waals surface area contributed by atoms with Gasteiger partial charge in [-0.15, -0.1) is 0 Å². The zero-order valence-electron chi connectivity index (χ0n) is 13.9. The van der Waals surface area contributed by atoms with Crippen molar-refractivity contribution in [3.05, 3.63) is 41.7 Å². The van der Waals surface area contributed by atoms with Gasteiger partial charge in [-0.05, 0) is 31.0 Å². The zero-order chi connectivity index (χ0) is 17.1. The van der Waals surface area contributed by atoms with Crippen molar-refractivity contribution in [2.24, 2.45) is 0 Å². The molecule has 2 aromatic rings. The fourth-order valence-corrected chi connectivity index (χ4v) is 3.07. The largest absolute Gasteiger partial charge is 0.486 e. The first-order valence-corrected chi connectivity index (χ1v) is 8.55. The summed E-state index contributed by atoms with van der Waals surface area (Å²) in [5.41, 5.74) is 1.26. The maximum absolute atomic E-state index is 12.5. The van der Waals surface area contributed by atoms with E-state index in [0.29, 0.717) is 36.8 Å². The van der Waals surface area contributed by atoms with E-state index < -0.39 is 0 Å². The number of benzene rings is 1. The number of para-hydroxylation sites is 1. The third-order valence-electron chi connectivity index (χ3n) is 4.33. The van der Waals surface area contributed by atoms with Crippen molar-refractivity contribution in [2.45, 2.75) is 19.4 Å². The molecule has 3 heterocycles. The van der Waals surface area contributed by atoms with E-state index in [0.717, 1.165) is 24.7 Å². The topological polar surface area (TPSA) is 76.6 Å². The van der Waals surface area contributed by atoms with Crippen LogP contribution < -0.4 is 19.7 Å². The van der Waals surface area contributed by atoms with Crippen molar-refractivity contribution in [1.82, 2.24) is 15.3 Å². The Hall–Kier alpha value is -2.83. The number of anilines is 1. The van der Waals surface area contributed by atoms with Gasteiger partial charge in [-0.1, -0.05) is 6.07 Å². The molecule has 7 nitrogen and oxygen atoms in total. The highest BCUT2D eigenvalue weighted by Crippen LogP contribution is 2.33. The lowest BCUT2D eigenvalue weighted by atomic mass is 10.1. The number of hydrogen-bond donors (Lipinski definition) is 1. The van der Waals surface area contributed by atoms with E-state index in [4.69, 9.17) is 9.47 Å². The van der Waals surface area contributed by atoms with Gasteiger partial charge in [0.1, 0.15) is 13.2 Å². The van der Waals surface area contributed by atoms with E-state index in [1.54, 1.807) is 24.4 Å². The normalized spacial score (nSPS) is 15.9. The number of hydrogen-bond acceptors (Lipinski definition) is 6. The predicted octanol–water partition coefficient (Wildman–Crippen LogP) is 1.78. The van der Waals surface area contributed by atoms with E-state index in [2.05, 4.69) is 20.2 Å². The number of aromatic nitrogens is 2. The summed E-state index contributed by atoms with van der Waals surface area (Å²) in [4.78, 5) is 23.6. The van der Waals surface area contributed by atoms with Crippen LogP contribution in [0.4, 0.5) is 5.95 Å².